The van der Waals surface area contributed by atoms with Crippen molar-refractivity contribution in [2.75, 3.05) is 7.11 Å². The largest absolute Gasteiger partial charge is 0.497 e. The van der Waals surface area contributed by atoms with Gasteiger partial charge in [0.15, 0.2) is 0 Å². The first-order valence-corrected chi connectivity index (χ1v) is 3.68. The topological polar surface area (TPSA) is 21.6 Å². The maximum absolute atomic E-state index is 12.7. The van der Waals surface area contributed by atoms with E-state index in [1.807, 2.05) is 0 Å². The molecule has 0 saturated heterocycles. The lowest BCUT2D eigenvalue weighted by Gasteiger charge is -2.06. The molecular weight excluding hydrogens is 169 g/mol. The predicted molar refractivity (Wildman–Crippen MR) is 51.7 cm³/mol. The Morgan fingerprint density at radius 1 is 1.54 bits per heavy atom. The molecule has 0 unspecified atom stereocenters. The first kappa shape index (κ1) is 9.45. The summed E-state index contributed by atoms with van der Waals surface area (Å²) in [5, 5.41) is 0. The molecule has 0 spiro atoms. The van der Waals surface area contributed by atoms with Gasteiger partial charge in [-0.1, -0.05) is 6.58 Å². The van der Waals surface area contributed by atoms with E-state index in [4.69, 9.17) is 4.74 Å². The van der Waals surface area contributed by atoms with Crippen molar-refractivity contribution in [1.29, 1.82) is 0 Å². The van der Waals surface area contributed by atoms with E-state index in [1.54, 1.807) is 6.07 Å². The minimum Gasteiger partial charge on any atom is -0.497 e. The molecular formula is C10H10FNO. The van der Waals surface area contributed by atoms with Crippen LogP contribution >= 0.6 is 0 Å². The molecule has 0 aliphatic carbocycles. The van der Waals surface area contributed by atoms with Crippen molar-refractivity contribution in [2.24, 2.45) is 4.99 Å². The van der Waals surface area contributed by atoms with E-state index in [-0.39, 0.29) is 5.82 Å². The number of aliphatic imine (C=N–C) groups is 1. The third-order valence-electron chi connectivity index (χ3n) is 1.68. The first-order chi connectivity index (χ1) is 6.19. The Morgan fingerprint density at radius 3 is 2.77 bits per heavy atom. The molecule has 1 aromatic carbocycles. The van der Waals surface area contributed by atoms with Crippen molar-refractivity contribution in [2.45, 2.75) is 0 Å². The lowest BCUT2D eigenvalue weighted by atomic mass is 10.1. The van der Waals surface area contributed by atoms with Crippen LogP contribution < -0.4 is 0 Å². The summed E-state index contributed by atoms with van der Waals surface area (Å²) in [6.45, 7) is 6.99. The number of hydrogen-bond donors (Lipinski definition) is 0. The highest BCUT2D eigenvalue weighted by atomic mass is 19.1. The number of halogens is 1. The Balaban J connectivity index is 3.20. The molecule has 2 nitrogen and oxygen atoms in total. The fraction of sp³-hybridized carbons (Fsp3) is 0.100. The van der Waals surface area contributed by atoms with Gasteiger partial charge in [0.25, 0.3) is 0 Å². The van der Waals surface area contributed by atoms with E-state index in [0.717, 1.165) is 0 Å². The summed E-state index contributed by atoms with van der Waals surface area (Å²) < 4.78 is 17.7. The third-order valence-corrected chi connectivity index (χ3v) is 1.68. The highest BCUT2D eigenvalue weighted by Crippen LogP contribution is 2.26. The SMILES string of the molecule is C=Nc1cc(F)ccc1C(=C)OC. The van der Waals surface area contributed by atoms with Gasteiger partial charge in [-0.05, 0) is 18.9 Å². The Labute approximate surface area is 76.4 Å². The van der Waals surface area contributed by atoms with Gasteiger partial charge >= 0.3 is 0 Å². The van der Waals surface area contributed by atoms with Crippen molar-refractivity contribution >= 4 is 18.2 Å². The molecule has 0 N–H and O–H groups in total. The maximum atomic E-state index is 12.7. The van der Waals surface area contributed by atoms with Crippen LogP contribution in [0, 0.1) is 5.82 Å². The first-order valence-electron chi connectivity index (χ1n) is 3.68. The fourth-order valence-corrected chi connectivity index (χ4v) is 0.981. The van der Waals surface area contributed by atoms with Crippen molar-refractivity contribution in [1.82, 2.24) is 0 Å². The molecule has 0 fully saturated rings. The zero-order valence-corrected chi connectivity index (χ0v) is 7.38. The van der Waals surface area contributed by atoms with Crippen LogP contribution in [0.15, 0.2) is 29.8 Å². The molecule has 1 rings (SSSR count). The van der Waals surface area contributed by atoms with Crippen molar-refractivity contribution in [3.8, 4) is 0 Å². The van der Waals surface area contributed by atoms with Crippen molar-refractivity contribution < 1.29 is 9.13 Å². The van der Waals surface area contributed by atoms with E-state index in [2.05, 4.69) is 18.3 Å². The standard InChI is InChI=1S/C10H10FNO/c1-7(13-3)9-5-4-8(11)6-10(9)12-2/h4-6H,1-2H2,3H3. The quantitative estimate of drug-likeness (QED) is 0.516. The Bertz CT molecular complexity index is 347. The van der Waals surface area contributed by atoms with Gasteiger partial charge in [-0.25, -0.2) is 4.39 Å². The zero-order chi connectivity index (χ0) is 9.84. The van der Waals surface area contributed by atoms with E-state index < -0.39 is 0 Å². The summed E-state index contributed by atoms with van der Waals surface area (Å²) in [5.41, 5.74) is 1.09. The number of ether oxygens (including phenoxy) is 1. The summed E-state index contributed by atoms with van der Waals surface area (Å²) in [6, 6.07) is 4.17. The number of rotatable bonds is 3. The summed E-state index contributed by atoms with van der Waals surface area (Å²) in [6.07, 6.45) is 0. The monoisotopic (exact) mass is 179 g/mol. The second-order valence-electron chi connectivity index (χ2n) is 2.45. The molecule has 0 atom stereocenters. The van der Waals surface area contributed by atoms with Crippen molar-refractivity contribution in [3.63, 3.8) is 0 Å². The van der Waals surface area contributed by atoms with E-state index in [9.17, 15) is 4.39 Å². The lowest BCUT2D eigenvalue weighted by molar-refractivity contribution is 0.371. The number of methoxy groups -OCH3 is 1. The molecule has 13 heavy (non-hydrogen) atoms. The van der Waals surface area contributed by atoms with Crippen LogP contribution in [0.5, 0.6) is 0 Å². The van der Waals surface area contributed by atoms with Crippen LogP contribution in [0.4, 0.5) is 10.1 Å². The molecule has 0 amide bonds. The summed E-state index contributed by atoms with van der Waals surface area (Å²) >= 11 is 0. The molecule has 1 aromatic rings. The van der Waals surface area contributed by atoms with Gasteiger partial charge in [0.1, 0.15) is 11.6 Å². The minimum atomic E-state index is -0.352. The van der Waals surface area contributed by atoms with Gasteiger partial charge in [0.2, 0.25) is 0 Å². The maximum Gasteiger partial charge on any atom is 0.125 e. The minimum absolute atomic E-state index is 0.352. The molecule has 0 aliphatic rings. The van der Waals surface area contributed by atoms with Crippen LogP contribution in [0.25, 0.3) is 5.76 Å². The molecule has 0 heterocycles. The summed E-state index contributed by atoms with van der Waals surface area (Å²) in [5.74, 6) is 0.0949. The second-order valence-corrected chi connectivity index (χ2v) is 2.45. The van der Waals surface area contributed by atoms with E-state index >= 15 is 0 Å². The van der Waals surface area contributed by atoms with Crippen LogP contribution in [0.2, 0.25) is 0 Å². The van der Waals surface area contributed by atoms with Gasteiger partial charge in [-0.3, -0.25) is 4.99 Å². The number of nitrogens with zero attached hydrogens (tertiary/aromatic N) is 1. The second kappa shape index (κ2) is 3.85. The smallest absolute Gasteiger partial charge is 0.125 e. The average molecular weight is 179 g/mol. The molecule has 0 radical (unpaired) electrons. The Kier molecular flexibility index (Phi) is 2.80. The van der Waals surface area contributed by atoms with E-state index in [1.165, 1.54) is 19.2 Å². The summed E-state index contributed by atoms with van der Waals surface area (Å²) in [4.78, 5) is 3.67. The summed E-state index contributed by atoms with van der Waals surface area (Å²) in [7, 11) is 1.50. The third kappa shape index (κ3) is 1.93. The lowest BCUT2D eigenvalue weighted by Crippen LogP contribution is -1.87. The van der Waals surface area contributed by atoms with Crippen LogP contribution in [0.3, 0.4) is 0 Å². The fourth-order valence-electron chi connectivity index (χ4n) is 0.981. The van der Waals surface area contributed by atoms with Crippen LogP contribution in [0.1, 0.15) is 5.56 Å². The van der Waals surface area contributed by atoms with Crippen LogP contribution in [-0.2, 0) is 4.74 Å². The number of hydrogen-bond acceptors (Lipinski definition) is 2. The van der Waals surface area contributed by atoms with Gasteiger partial charge < -0.3 is 4.74 Å². The molecule has 0 aromatic heterocycles. The highest BCUT2D eigenvalue weighted by molar-refractivity contribution is 5.70. The number of benzene rings is 1. The molecule has 68 valence electrons. The predicted octanol–water partition coefficient (Wildman–Crippen LogP) is 2.77. The molecule has 3 heteroatoms. The van der Waals surface area contributed by atoms with Gasteiger partial charge in [0.05, 0.1) is 12.8 Å². The molecule has 0 saturated carbocycles. The molecule has 0 bridgehead atoms. The Morgan fingerprint density at radius 2 is 2.23 bits per heavy atom. The van der Waals surface area contributed by atoms with Crippen molar-refractivity contribution in [3.05, 3.63) is 36.2 Å². The zero-order valence-electron chi connectivity index (χ0n) is 7.38. The molecule has 0 aliphatic heterocycles. The van der Waals surface area contributed by atoms with Gasteiger partial charge in [-0.15, -0.1) is 0 Å². The highest BCUT2D eigenvalue weighted by Gasteiger charge is 2.05. The van der Waals surface area contributed by atoms with E-state index in [0.29, 0.717) is 17.0 Å². The van der Waals surface area contributed by atoms with Gasteiger partial charge in [-0.2, -0.15) is 0 Å². The van der Waals surface area contributed by atoms with Crippen LogP contribution in [-0.4, -0.2) is 13.8 Å². The average Bonchev–Trinajstić information content (AvgIpc) is 2.16. The normalized spacial score (nSPS) is 9.38. The Hall–Kier alpha value is -1.64. The van der Waals surface area contributed by atoms with Gasteiger partial charge in [0, 0.05) is 11.6 Å².